The van der Waals surface area contributed by atoms with Crippen molar-refractivity contribution in [1.82, 2.24) is 0 Å². The van der Waals surface area contributed by atoms with Crippen molar-refractivity contribution in [3.05, 3.63) is 57.9 Å². The predicted octanol–water partition coefficient (Wildman–Crippen LogP) is 3.07. The SMILES string of the molecule is COc1cc(NC(=O)COc2ccccc2F)c(C)cc1[N+](=O)[O-]. The van der Waals surface area contributed by atoms with E-state index in [1.54, 1.807) is 13.0 Å². The smallest absolute Gasteiger partial charge is 0.311 e. The minimum Gasteiger partial charge on any atom is -0.490 e. The van der Waals surface area contributed by atoms with Crippen LogP contribution in [-0.2, 0) is 4.79 Å². The molecule has 1 N–H and O–H groups in total. The summed E-state index contributed by atoms with van der Waals surface area (Å²) < 4.78 is 23.5. The molecule has 2 aromatic rings. The molecule has 0 radical (unpaired) electrons. The highest BCUT2D eigenvalue weighted by Crippen LogP contribution is 2.32. The number of nitro benzene ring substituents is 1. The number of halogens is 1. The molecule has 0 heterocycles. The van der Waals surface area contributed by atoms with E-state index in [0.717, 1.165) is 0 Å². The fraction of sp³-hybridized carbons (Fsp3) is 0.188. The van der Waals surface area contributed by atoms with Crippen LogP contribution in [0.1, 0.15) is 5.56 Å². The number of nitrogens with one attached hydrogen (secondary N) is 1. The van der Waals surface area contributed by atoms with Crippen LogP contribution in [0.15, 0.2) is 36.4 Å². The monoisotopic (exact) mass is 334 g/mol. The minimum atomic E-state index is -0.571. The van der Waals surface area contributed by atoms with Crippen molar-refractivity contribution < 1.29 is 23.6 Å². The van der Waals surface area contributed by atoms with E-state index in [1.807, 2.05) is 0 Å². The third-order valence-electron chi connectivity index (χ3n) is 3.19. The lowest BCUT2D eigenvalue weighted by Gasteiger charge is -2.11. The summed E-state index contributed by atoms with van der Waals surface area (Å²) in [7, 11) is 1.30. The second-order valence-corrected chi connectivity index (χ2v) is 4.86. The summed E-state index contributed by atoms with van der Waals surface area (Å²) in [5.41, 5.74) is 0.636. The molecule has 0 aromatic heterocycles. The number of ether oxygens (including phenoxy) is 2. The van der Waals surface area contributed by atoms with Crippen LogP contribution in [0.5, 0.6) is 11.5 Å². The highest BCUT2D eigenvalue weighted by molar-refractivity contribution is 5.93. The van der Waals surface area contributed by atoms with Gasteiger partial charge in [-0.1, -0.05) is 12.1 Å². The summed E-state index contributed by atoms with van der Waals surface area (Å²) in [6.07, 6.45) is 0. The summed E-state index contributed by atoms with van der Waals surface area (Å²) in [6, 6.07) is 8.37. The number of hydrogen-bond donors (Lipinski definition) is 1. The molecule has 0 spiro atoms. The average molecular weight is 334 g/mol. The number of carbonyl (C=O) groups excluding carboxylic acids is 1. The summed E-state index contributed by atoms with van der Waals surface area (Å²) in [5, 5.41) is 13.5. The number of anilines is 1. The van der Waals surface area contributed by atoms with Gasteiger partial charge in [0.15, 0.2) is 23.9 Å². The lowest BCUT2D eigenvalue weighted by Crippen LogP contribution is -2.21. The van der Waals surface area contributed by atoms with E-state index in [0.29, 0.717) is 11.3 Å². The second kappa shape index (κ2) is 7.40. The highest BCUT2D eigenvalue weighted by atomic mass is 19.1. The molecule has 1 amide bonds. The fourth-order valence-corrected chi connectivity index (χ4v) is 2.01. The van der Waals surface area contributed by atoms with E-state index in [9.17, 15) is 19.3 Å². The summed E-state index contributed by atoms with van der Waals surface area (Å²) in [4.78, 5) is 22.3. The number of methoxy groups -OCH3 is 1. The number of nitrogens with zero attached hydrogens (tertiary/aromatic N) is 1. The van der Waals surface area contributed by atoms with Crippen LogP contribution < -0.4 is 14.8 Å². The van der Waals surface area contributed by atoms with Crippen molar-refractivity contribution in [3.8, 4) is 11.5 Å². The number of carbonyl (C=O) groups is 1. The van der Waals surface area contributed by atoms with Crippen LogP contribution in [0.25, 0.3) is 0 Å². The van der Waals surface area contributed by atoms with Gasteiger partial charge in [0.2, 0.25) is 0 Å². The third kappa shape index (κ3) is 3.97. The molecule has 0 aliphatic heterocycles. The van der Waals surface area contributed by atoms with Gasteiger partial charge in [0.05, 0.1) is 12.0 Å². The van der Waals surface area contributed by atoms with Crippen molar-refractivity contribution in [2.24, 2.45) is 0 Å². The molecular formula is C16H15FN2O5. The molecule has 0 atom stereocenters. The van der Waals surface area contributed by atoms with E-state index in [1.165, 1.54) is 37.4 Å². The fourth-order valence-electron chi connectivity index (χ4n) is 2.01. The molecule has 0 aliphatic carbocycles. The second-order valence-electron chi connectivity index (χ2n) is 4.86. The Bertz CT molecular complexity index is 779. The standard InChI is InChI=1S/C16H15FN2O5/c1-10-7-13(19(21)22)15(23-2)8-12(10)18-16(20)9-24-14-6-4-3-5-11(14)17/h3-8H,9H2,1-2H3,(H,18,20). The van der Waals surface area contributed by atoms with E-state index in [-0.39, 0.29) is 17.2 Å². The number of aryl methyl sites for hydroxylation is 1. The Morgan fingerprint density at radius 1 is 1.29 bits per heavy atom. The van der Waals surface area contributed by atoms with Gasteiger partial charge in [-0.2, -0.15) is 0 Å². The van der Waals surface area contributed by atoms with E-state index in [4.69, 9.17) is 9.47 Å². The molecule has 7 nitrogen and oxygen atoms in total. The highest BCUT2D eigenvalue weighted by Gasteiger charge is 2.18. The summed E-state index contributed by atoms with van der Waals surface area (Å²) in [6.45, 7) is 1.21. The zero-order valence-electron chi connectivity index (χ0n) is 13.0. The molecule has 8 heteroatoms. The largest absolute Gasteiger partial charge is 0.490 e. The molecule has 2 aromatic carbocycles. The molecule has 0 unspecified atom stereocenters. The zero-order chi connectivity index (χ0) is 17.7. The summed E-state index contributed by atoms with van der Waals surface area (Å²) >= 11 is 0. The van der Waals surface area contributed by atoms with Gasteiger partial charge in [-0.15, -0.1) is 0 Å². The lowest BCUT2D eigenvalue weighted by atomic mass is 10.1. The third-order valence-corrected chi connectivity index (χ3v) is 3.19. The first-order valence-corrected chi connectivity index (χ1v) is 6.92. The van der Waals surface area contributed by atoms with Gasteiger partial charge in [-0.3, -0.25) is 14.9 Å². The molecule has 126 valence electrons. The Hall–Kier alpha value is -3.16. The number of hydrogen-bond acceptors (Lipinski definition) is 5. The van der Waals surface area contributed by atoms with Gasteiger partial charge < -0.3 is 14.8 Å². The van der Waals surface area contributed by atoms with Crippen LogP contribution >= 0.6 is 0 Å². The normalized spacial score (nSPS) is 10.1. The number of amides is 1. The van der Waals surface area contributed by atoms with Crippen LogP contribution in [0.4, 0.5) is 15.8 Å². The maximum absolute atomic E-state index is 13.4. The molecule has 0 saturated heterocycles. The zero-order valence-corrected chi connectivity index (χ0v) is 13.0. The van der Waals surface area contributed by atoms with Crippen LogP contribution in [0.3, 0.4) is 0 Å². The molecule has 2 rings (SSSR count). The maximum atomic E-state index is 13.4. The van der Waals surface area contributed by atoms with Gasteiger partial charge in [0.1, 0.15) is 0 Å². The quantitative estimate of drug-likeness (QED) is 0.647. The van der Waals surface area contributed by atoms with Crippen molar-refractivity contribution in [3.63, 3.8) is 0 Å². The van der Waals surface area contributed by atoms with Crippen LogP contribution in [0.2, 0.25) is 0 Å². The van der Waals surface area contributed by atoms with Gasteiger partial charge in [0, 0.05) is 17.8 Å². The minimum absolute atomic E-state index is 0.0240. The summed E-state index contributed by atoms with van der Waals surface area (Å²) in [5.74, 6) is -1.11. The Morgan fingerprint density at radius 3 is 2.62 bits per heavy atom. The first-order valence-electron chi connectivity index (χ1n) is 6.92. The van der Waals surface area contributed by atoms with Gasteiger partial charge in [0.25, 0.3) is 5.91 Å². The molecule has 0 bridgehead atoms. The molecule has 0 aliphatic rings. The van der Waals surface area contributed by atoms with Crippen LogP contribution in [-0.4, -0.2) is 24.5 Å². The van der Waals surface area contributed by atoms with Crippen LogP contribution in [0, 0.1) is 22.9 Å². The lowest BCUT2D eigenvalue weighted by molar-refractivity contribution is -0.385. The average Bonchev–Trinajstić information content (AvgIpc) is 2.55. The number of benzene rings is 2. The van der Waals surface area contributed by atoms with Crippen molar-refractivity contribution in [2.75, 3.05) is 19.0 Å². The van der Waals surface area contributed by atoms with Gasteiger partial charge in [-0.05, 0) is 24.6 Å². The Morgan fingerprint density at radius 2 is 2.00 bits per heavy atom. The Labute approximate surface area is 137 Å². The number of para-hydroxylation sites is 1. The maximum Gasteiger partial charge on any atom is 0.311 e. The first kappa shape index (κ1) is 17.2. The first-order chi connectivity index (χ1) is 11.4. The van der Waals surface area contributed by atoms with E-state index < -0.39 is 23.3 Å². The van der Waals surface area contributed by atoms with E-state index in [2.05, 4.69) is 5.32 Å². The van der Waals surface area contributed by atoms with Crippen molar-refractivity contribution in [1.29, 1.82) is 0 Å². The Balaban J connectivity index is 2.09. The molecule has 0 fully saturated rings. The molecular weight excluding hydrogens is 319 g/mol. The van der Waals surface area contributed by atoms with Crippen molar-refractivity contribution in [2.45, 2.75) is 6.92 Å². The Kier molecular flexibility index (Phi) is 5.31. The number of rotatable bonds is 6. The number of nitro groups is 1. The van der Waals surface area contributed by atoms with Gasteiger partial charge >= 0.3 is 5.69 Å². The topological polar surface area (TPSA) is 90.7 Å². The molecule has 0 saturated carbocycles. The van der Waals surface area contributed by atoms with Gasteiger partial charge in [-0.25, -0.2) is 4.39 Å². The predicted molar refractivity (Wildman–Crippen MR) is 84.9 cm³/mol. The van der Waals surface area contributed by atoms with Crippen molar-refractivity contribution >= 4 is 17.3 Å². The van der Waals surface area contributed by atoms with E-state index >= 15 is 0 Å². The molecule has 24 heavy (non-hydrogen) atoms.